The fourth-order valence-corrected chi connectivity index (χ4v) is 2.30. The number of benzene rings is 1. The molecule has 114 valence electrons. The highest BCUT2D eigenvalue weighted by atomic mass is 16.5. The molecular formula is C15H21N3O3. The molecule has 1 saturated heterocycles. The number of amides is 2. The van der Waals surface area contributed by atoms with Gasteiger partial charge in [0.25, 0.3) is 0 Å². The molecule has 2 unspecified atom stereocenters. The van der Waals surface area contributed by atoms with Crippen LogP contribution in [0.5, 0.6) is 0 Å². The van der Waals surface area contributed by atoms with E-state index in [1.54, 1.807) is 24.3 Å². The van der Waals surface area contributed by atoms with E-state index in [1.165, 1.54) is 0 Å². The lowest BCUT2D eigenvalue weighted by molar-refractivity contribution is -0.120. The van der Waals surface area contributed by atoms with Crippen molar-refractivity contribution in [1.82, 2.24) is 5.32 Å². The zero-order valence-electron chi connectivity index (χ0n) is 12.1. The summed E-state index contributed by atoms with van der Waals surface area (Å²) < 4.78 is 5.39. The fourth-order valence-electron chi connectivity index (χ4n) is 2.30. The number of nitrogens with two attached hydrogens (primary N) is 1. The average Bonchev–Trinajstić information content (AvgIpc) is 2.94. The van der Waals surface area contributed by atoms with Crippen molar-refractivity contribution in [2.75, 3.05) is 25.1 Å². The van der Waals surface area contributed by atoms with E-state index in [4.69, 9.17) is 10.5 Å². The highest BCUT2D eigenvalue weighted by Crippen LogP contribution is 2.17. The minimum atomic E-state index is -0.485. The van der Waals surface area contributed by atoms with Gasteiger partial charge in [-0.05, 0) is 37.2 Å². The number of hydrogen-bond acceptors (Lipinski definition) is 4. The topological polar surface area (TPSA) is 93.4 Å². The Labute approximate surface area is 124 Å². The minimum Gasteiger partial charge on any atom is -0.379 e. The number of carbonyl (C=O) groups excluding carboxylic acids is 2. The van der Waals surface area contributed by atoms with Crippen LogP contribution in [0.3, 0.4) is 0 Å². The van der Waals surface area contributed by atoms with Crippen LogP contribution in [-0.2, 0) is 9.53 Å². The standard InChI is InChI=1S/C15H21N3O3/c1-2-7-17-13-9-21-8-12(13)15(20)18-11-5-3-10(4-6-11)14(16)19/h3-6,12-13,17H,2,7-9H2,1H3,(H2,16,19)(H,18,20). The van der Waals surface area contributed by atoms with E-state index in [0.717, 1.165) is 13.0 Å². The van der Waals surface area contributed by atoms with Gasteiger partial charge in [-0.2, -0.15) is 0 Å². The number of primary amides is 1. The summed E-state index contributed by atoms with van der Waals surface area (Å²) in [6, 6.07) is 6.57. The van der Waals surface area contributed by atoms with Gasteiger partial charge < -0.3 is 21.1 Å². The molecule has 1 fully saturated rings. The van der Waals surface area contributed by atoms with E-state index in [2.05, 4.69) is 17.6 Å². The van der Waals surface area contributed by atoms with Crippen molar-refractivity contribution >= 4 is 17.5 Å². The van der Waals surface area contributed by atoms with E-state index >= 15 is 0 Å². The molecule has 0 bridgehead atoms. The Balaban J connectivity index is 1.95. The molecule has 1 heterocycles. The highest BCUT2D eigenvalue weighted by Gasteiger charge is 2.33. The van der Waals surface area contributed by atoms with Crippen LogP contribution in [0, 0.1) is 5.92 Å². The molecule has 6 nitrogen and oxygen atoms in total. The third kappa shape index (κ3) is 4.03. The van der Waals surface area contributed by atoms with Gasteiger partial charge in [-0.3, -0.25) is 9.59 Å². The van der Waals surface area contributed by atoms with Gasteiger partial charge in [-0.1, -0.05) is 6.92 Å². The molecule has 21 heavy (non-hydrogen) atoms. The smallest absolute Gasteiger partial charge is 0.248 e. The molecule has 6 heteroatoms. The van der Waals surface area contributed by atoms with Gasteiger partial charge >= 0.3 is 0 Å². The second-order valence-electron chi connectivity index (χ2n) is 5.14. The summed E-state index contributed by atoms with van der Waals surface area (Å²) >= 11 is 0. The summed E-state index contributed by atoms with van der Waals surface area (Å²) in [5, 5.41) is 6.17. The van der Waals surface area contributed by atoms with Gasteiger partial charge in [0.15, 0.2) is 0 Å². The number of nitrogens with one attached hydrogen (secondary N) is 2. The second-order valence-corrected chi connectivity index (χ2v) is 5.14. The number of rotatable bonds is 6. The molecule has 2 amide bonds. The quantitative estimate of drug-likeness (QED) is 0.720. The summed E-state index contributed by atoms with van der Waals surface area (Å²) in [5.74, 6) is -0.763. The van der Waals surface area contributed by atoms with Crippen molar-refractivity contribution in [2.45, 2.75) is 19.4 Å². The zero-order valence-corrected chi connectivity index (χ0v) is 12.1. The number of carbonyl (C=O) groups is 2. The summed E-state index contributed by atoms with van der Waals surface area (Å²) in [6.45, 7) is 3.93. The summed E-state index contributed by atoms with van der Waals surface area (Å²) in [4.78, 5) is 23.3. The molecule has 0 radical (unpaired) electrons. The van der Waals surface area contributed by atoms with E-state index < -0.39 is 5.91 Å². The Morgan fingerprint density at radius 3 is 2.62 bits per heavy atom. The van der Waals surface area contributed by atoms with Gasteiger partial charge in [0.05, 0.1) is 19.1 Å². The van der Waals surface area contributed by atoms with Crippen LogP contribution in [0.15, 0.2) is 24.3 Å². The SMILES string of the molecule is CCCNC1COCC1C(=O)Nc1ccc(C(N)=O)cc1. The summed E-state index contributed by atoms with van der Waals surface area (Å²) in [7, 11) is 0. The zero-order chi connectivity index (χ0) is 15.2. The second kappa shape index (κ2) is 7.19. The van der Waals surface area contributed by atoms with Crippen LogP contribution in [0.4, 0.5) is 5.69 Å². The van der Waals surface area contributed by atoms with Crippen LogP contribution in [0.25, 0.3) is 0 Å². The van der Waals surface area contributed by atoms with E-state index in [0.29, 0.717) is 24.5 Å². The van der Waals surface area contributed by atoms with Crippen LogP contribution >= 0.6 is 0 Å². The number of ether oxygens (including phenoxy) is 1. The summed E-state index contributed by atoms with van der Waals surface area (Å²) in [6.07, 6.45) is 1.01. The van der Waals surface area contributed by atoms with Gasteiger partial charge in [0, 0.05) is 17.3 Å². The Hall–Kier alpha value is -1.92. The first-order valence-electron chi connectivity index (χ1n) is 7.13. The highest BCUT2D eigenvalue weighted by molar-refractivity contribution is 5.95. The molecule has 4 N–H and O–H groups in total. The maximum Gasteiger partial charge on any atom is 0.248 e. The minimum absolute atomic E-state index is 0.0508. The van der Waals surface area contributed by atoms with Crippen molar-refractivity contribution in [3.63, 3.8) is 0 Å². The molecule has 0 aromatic heterocycles. The van der Waals surface area contributed by atoms with Crippen molar-refractivity contribution in [3.05, 3.63) is 29.8 Å². The van der Waals surface area contributed by atoms with Crippen molar-refractivity contribution < 1.29 is 14.3 Å². The van der Waals surface area contributed by atoms with Crippen molar-refractivity contribution in [3.8, 4) is 0 Å². The van der Waals surface area contributed by atoms with Crippen LogP contribution in [0.2, 0.25) is 0 Å². The Morgan fingerprint density at radius 2 is 2.00 bits per heavy atom. The number of hydrogen-bond donors (Lipinski definition) is 3. The first kappa shape index (κ1) is 15.5. The Bertz CT molecular complexity index is 501. The number of anilines is 1. The molecule has 1 aliphatic heterocycles. The molecular weight excluding hydrogens is 270 g/mol. The van der Waals surface area contributed by atoms with Crippen molar-refractivity contribution in [2.24, 2.45) is 11.7 Å². The van der Waals surface area contributed by atoms with Crippen LogP contribution in [-0.4, -0.2) is 37.6 Å². The van der Waals surface area contributed by atoms with Crippen LogP contribution in [0.1, 0.15) is 23.7 Å². The van der Waals surface area contributed by atoms with Gasteiger partial charge in [-0.25, -0.2) is 0 Å². The maximum atomic E-state index is 12.3. The first-order valence-corrected chi connectivity index (χ1v) is 7.13. The Kier molecular flexibility index (Phi) is 5.30. The fraction of sp³-hybridized carbons (Fsp3) is 0.467. The lowest BCUT2D eigenvalue weighted by Gasteiger charge is -2.18. The third-order valence-corrected chi connectivity index (χ3v) is 3.51. The molecule has 1 aromatic rings. The monoisotopic (exact) mass is 291 g/mol. The lowest BCUT2D eigenvalue weighted by atomic mass is 10.0. The average molecular weight is 291 g/mol. The molecule has 2 rings (SSSR count). The predicted molar refractivity (Wildman–Crippen MR) is 80.0 cm³/mol. The normalized spacial score (nSPS) is 21.2. The first-order chi connectivity index (χ1) is 10.1. The van der Waals surface area contributed by atoms with E-state index in [1.807, 2.05) is 0 Å². The van der Waals surface area contributed by atoms with Gasteiger partial charge in [0.2, 0.25) is 11.8 Å². The lowest BCUT2D eigenvalue weighted by Crippen LogP contribution is -2.41. The van der Waals surface area contributed by atoms with Gasteiger partial charge in [0.1, 0.15) is 0 Å². The van der Waals surface area contributed by atoms with Gasteiger partial charge in [-0.15, -0.1) is 0 Å². The predicted octanol–water partition coefficient (Wildman–Crippen LogP) is 0.739. The molecule has 0 spiro atoms. The Morgan fingerprint density at radius 1 is 1.29 bits per heavy atom. The summed E-state index contributed by atoms with van der Waals surface area (Å²) in [5.41, 5.74) is 6.24. The van der Waals surface area contributed by atoms with E-state index in [-0.39, 0.29) is 17.9 Å². The third-order valence-electron chi connectivity index (χ3n) is 3.51. The molecule has 2 atom stereocenters. The van der Waals surface area contributed by atoms with E-state index in [9.17, 15) is 9.59 Å². The molecule has 1 aromatic carbocycles. The molecule has 0 aliphatic carbocycles. The largest absolute Gasteiger partial charge is 0.379 e. The van der Waals surface area contributed by atoms with Crippen molar-refractivity contribution in [1.29, 1.82) is 0 Å². The molecule has 0 saturated carbocycles. The van der Waals surface area contributed by atoms with Crippen LogP contribution < -0.4 is 16.4 Å². The maximum absolute atomic E-state index is 12.3. The molecule has 1 aliphatic rings.